The van der Waals surface area contributed by atoms with E-state index in [1.807, 2.05) is 0 Å². The van der Waals surface area contributed by atoms with Crippen LogP contribution in [-0.4, -0.2) is 35.1 Å². The molecule has 2 aliphatic heterocycles. The fourth-order valence-electron chi connectivity index (χ4n) is 5.26. The van der Waals surface area contributed by atoms with Gasteiger partial charge in [0.25, 0.3) is 0 Å². The van der Waals surface area contributed by atoms with Crippen molar-refractivity contribution in [2.24, 2.45) is 0 Å². The summed E-state index contributed by atoms with van der Waals surface area (Å²) in [5.74, 6) is -0.449. The fourth-order valence-corrected chi connectivity index (χ4v) is 5.59. The van der Waals surface area contributed by atoms with Crippen LogP contribution >= 0.6 is 15.9 Å². The highest BCUT2D eigenvalue weighted by Crippen LogP contribution is 2.48. The van der Waals surface area contributed by atoms with E-state index in [9.17, 15) is 9.18 Å². The van der Waals surface area contributed by atoms with Gasteiger partial charge in [0.1, 0.15) is 5.82 Å². The van der Waals surface area contributed by atoms with Gasteiger partial charge in [-0.25, -0.2) is 9.18 Å². The Morgan fingerprint density at radius 3 is 2.62 bits per heavy atom. The number of nitrogens with one attached hydrogen (secondary N) is 1. The SMILES string of the molecule is CCN1c2cc(C)ccc2-n2cccc2C12CCN(C(=O)Nc1ccc(Br)cc1F)CC2. The molecule has 1 aromatic heterocycles. The second-order valence-electron chi connectivity index (χ2n) is 8.57. The van der Waals surface area contributed by atoms with Crippen molar-refractivity contribution in [3.05, 3.63) is 76.3 Å². The largest absolute Gasteiger partial charge is 0.359 e. The maximum atomic E-state index is 14.2. The number of carbonyl (C=O) groups is 1. The molecule has 1 spiro atoms. The molecule has 0 saturated carbocycles. The molecule has 2 aliphatic rings. The summed E-state index contributed by atoms with van der Waals surface area (Å²) in [4.78, 5) is 17.2. The zero-order valence-electron chi connectivity index (χ0n) is 18.2. The lowest BCUT2D eigenvalue weighted by molar-refractivity contribution is 0.160. The third-order valence-electron chi connectivity index (χ3n) is 6.79. The number of piperidine rings is 1. The van der Waals surface area contributed by atoms with Crippen molar-refractivity contribution in [3.63, 3.8) is 0 Å². The van der Waals surface area contributed by atoms with Gasteiger partial charge in [0.15, 0.2) is 0 Å². The molecule has 0 aliphatic carbocycles. The maximum Gasteiger partial charge on any atom is 0.321 e. The van der Waals surface area contributed by atoms with Crippen LogP contribution in [0.15, 0.2) is 59.2 Å². The number of hydrogen-bond donors (Lipinski definition) is 1. The monoisotopic (exact) mass is 496 g/mol. The summed E-state index contributed by atoms with van der Waals surface area (Å²) in [6, 6.07) is 15.3. The zero-order valence-corrected chi connectivity index (χ0v) is 19.8. The van der Waals surface area contributed by atoms with Crippen LogP contribution in [0, 0.1) is 12.7 Å². The minimum Gasteiger partial charge on any atom is -0.359 e. The number of nitrogens with zero attached hydrogens (tertiary/aromatic N) is 3. The number of carbonyl (C=O) groups excluding carboxylic acids is 1. The van der Waals surface area contributed by atoms with Crippen molar-refractivity contribution >= 4 is 33.3 Å². The van der Waals surface area contributed by atoms with Gasteiger partial charge in [-0.1, -0.05) is 22.0 Å². The average Bonchev–Trinajstić information content (AvgIpc) is 3.27. The molecule has 0 radical (unpaired) electrons. The number of anilines is 2. The number of hydrogen-bond acceptors (Lipinski definition) is 2. The molecule has 1 saturated heterocycles. The zero-order chi connectivity index (χ0) is 22.5. The molecule has 32 heavy (non-hydrogen) atoms. The van der Waals surface area contributed by atoms with Gasteiger partial charge in [-0.05, 0) is 74.7 Å². The molecule has 0 unspecified atom stereocenters. The molecule has 0 bridgehead atoms. The number of amides is 2. The highest BCUT2D eigenvalue weighted by molar-refractivity contribution is 9.10. The molecule has 5 rings (SSSR count). The standard InChI is InChI=1S/C25H26BrFN4O/c1-3-31-22-15-17(2)6-9-21(22)30-12-4-5-23(30)25(31)10-13-29(14-11-25)24(32)28-20-8-7-18(26)16-19(20)27/h4-9,12,15-16H,3,10-11,13-14H2,1-2H3,(H,28,32). The Balaban J connectivity index is 1.41. The van der Waals surface area contributed by atoms with Gasteiger partial charge in [0.05, 0.1) is 22.6 Å². The van der Waals surface area contributed by atoms with Gasteiger partial charge in [-0.15, -0.1) is 0 Å². The van der Waals surface area contributed by atoms with E-state index in [1.165, 1.54) is 28.7 Å². The number of rotatable bonds is 2. The van der Waals surface area contributed by atoms with E-state index in [-0.39, 0.29) is 17.3 Å². The predicted octanol–water partition coefficient (Wildman–Crippen LogP) is 6.05. The van der Waals surface area contributed by atoms with Gasteiger partial charge in [-0.3, -0.25) is 0 Å². The van der Waals surface area contributed by atoms with Crippen LogP contribution in [0.2, 0.25) is 0 Å². The van der Waals surface area contributed by atoms with Crippen LogP contribution in [0.1, 0.15) is 31.0 Å². The molecule has 1 N–H and O–H groups in total. The molecule has 2 amide bonds. The van der Waals surface area contributed by atoms with Crippen molar-refractivity contribution in [1.82, 2.24) is 9.47 Å². The van der Waals surface area contributed by atoms with Crippen LogP contribution in [0.3, 0.4) is 0 Å². The van der Waals surface area contributed by atoms with E-state index in [0.29, 0.717) is 17.6 Å². The summed E-state index contributed by atoms with van der Waals surface area (Å²) in [5.41, 5.74) is 4.99. The number of aryl methyl sites for hydroxylation is 1. The summed E-state index contributed by atoms with van der Waals surface area (Å²) in [5, 5.41) is 2.73. The van der Waals surface area contributed by atoms with Gasteiger partial charge < -0.3 is 19.7 Å². The molecular weight excluding hydrogens is 471 g/mol. The second kappa shape index (κ2) is 7.96. The van der Waals surface area contributed by atoms with E-state index in [0.717, 1.165) is 19.4 Å². The third kappa shape index (κ3) is 3.30. The van der Waals surface area contributed by atoms with E-state index < -0.39 is 5.82 Å². The van der Waals surface area contributed by atoms with Gasteiger partial charge in [0, 0.05) is 36.0 Å². The third-order valence-corrected chi connectivity index (χ3v) is 7.28. The first kappa shape index (κ1) is 21.1. The minimum absolute atomic E-state index is 0.168. The van der Waals surface area contributed by atoms with E-state index in [2.05, 4.69) is 81.1 Å². The van der Waals surface area contributed by atoms with Crippen molar-refractivity contribution < 1.29 is 9.18 Å². The topological polar surface area (TPSA) is 40.5 Å². The van der Waals surface area contributed by atoms with E-state index in [1.54, 1.807) is 17.0 Å². The summed E-state index contributed by atoms with van der Waals surface area (Å²) in [7, 11) is 0. The van der Waals surface area contributed by atoms with Crippen LogP contribution < -0.4 is 10.2 Å². The van der Waals surface area contributed by atoms with Gasteiger partial charge in [0.2, 0.25) is 0 Å². The first-order valence-corrected chi connectivity index (χ1v) is 11.8. The molecule has 0 atom stereocenters. The molecule has 5 nitrogen and oxygen atoms in total. The summed E-state index contributed by atoms with van der Waals surface area (Å²) >= 11 is 3.25. The van der Waals surface area contributed by atoms with Gasteiger partial charge in [-0.2, -0.15) is 0 Å². The van der Waals surface area contributed by atoms with E-state index in [4.69, 9.17) is 0 Å². The summed E-state index contributed by atoms with van der Waals surface area (Å²) in [6.07, 6.45) is 3.76. The van der Waals surface area contributed by atoms with Crippen molar-refractivity contribution in [2.45, 2.75) is 32.2 Å². The van der Waals surface area contributed by atoms with Crippen LogP contribution in [0.4, 0.5) is 20.6 Å². The normalized spacial score (nSPS) is 16.6. The Hall–Kier alpha value is -2.80. The lowest BCUT2D eigenvalue weighted by Gasteiger charge is -2.53. The molecular formula is C25H26BrFN4O. The Bertz CT molecular complexity index is 1180. The molecule has 2 aromatic carbocycles. The maximum absolute atomic E-state index is 14.2. The van der Waals surface area contributed by atoms with Crippen molar-refractivity contribution in [3.8, 4) is 5.69 Å². The number of aromatic nitrogens is 1. The quantitative estimate of drug-likeness (QED) is 0.468. The Morgan fingerprint density at radius 2 is 1.91 bits per heavy atom. The molecule has 3 heterocycles. The molecule has 166 valence electrons. The van der Waals surface area contributed by atoms with Crippen molar-refractivity contribution in [1.29, 1.82) is 0 Å². The highest BCUT2D eigenvalue weighted by Gasteiger charge is 2.46. The second-order valence-corrected chi connectivity index (χ2v) is 9.49. The fraction of sp³-hybridized carbons (Fsp3) is 0.320. The van der Waals surface area contributed by atoms with Gasteiger partial charge >= 0.3 is 6.03 Å². The molecule has 1 fully saturated rings. The smallest absolute Gasteiger partial charge is 0.321 e. The first-order chi connectivity index (χ1) is 15.4. The number of urea groups is 1. The highest BCUT2D eigenvalue weighted by atomic mass is 79.9. The Morgan fingerprint density at radius 1 is 1.12 bits per heavy atom. The van der Waals surface area contributed by atoms with Crippen LogP contribution in [-0.2, 0) is 5.54 Å². The Kier molecular flexibility index (Phi) is 5.24. The number of likely N-dealkylation sites (tertiary alicyclic amines) is 1. The molecule has 3 aromatic rings. The first-order valence-electron chi connectivity index (χ1n) is 11.0. The number of benzene rings is 2. The van der Waals surface area contributed by atoms with E-state index >= 15 is 0 Å². The Labute approximate surface area is 196 Å². The lowest BCUT2D eigenvalue weighted by Crippen LogP contribution is -2.57. The number of fused-ring (bicyclic) bond motifs is 4. The minimum atomic E-state index is -0.449. The number of halogens is 2. The lowest BCUT2D eigenvalue weighted by atomic mass is 9.80. The predicted molar refractivity (Wildman–Crippen MR) is 129 cm³/mol. The average molecular weight is 497 g/mol. The van der Waals surface area contributed by atoms with Crippen LogP contribution in [0.5, 0.6) is 0 Å². The summed E-state index contributed by atoms with van der Waals surface area (Å²) < 4.78 is 17.1. The summed E-state index contributed by atoms with van der Waals surface area (Å²) in [6.45, 7) is 6.42. The van der Waals surface area contributed by atoms with Crippen LogP contribution in [0.25, 0.3) is 5.69 Å². The van der Waals surface area contributed by atoms with Crippen molar-refractivity contribution in [2.75, 3.05) is 29.9 Å². The molecule has 7 heteroatoms.